The van der Waals surface area contributed by atoms with Gasteiger partial charge in [-0.05, 0) is 30.7 Å². The SMILES string of the molecule is Cn1c(CN2CCN(CCCOc3ccccc3)CC2)cnc1-c1cc(C(=O)O)ccn1. The van der Waals surface area contributed by atoms with Gasteiger partial charge >= 0.3 is 5.97 Å². The van der Waals surface area contributed by atoms with Crippen LogP contribution in [0.3, 0.4) is 0 Å². The summed E-state index contributed by atoms with van der Waals surface area (Å²) in [7, 11) is 1.95. The minimum absolute atomic E-state index is 0.213. The third kappa shape index (κ3) is 5.52. The number of hydrogen-bond acceptors (Lipinski definition) is 6. The first-order chi connectivity index (χ1) is 15.6. The van der Waals surface area contributed by atoms with Crippen molar-refractivity contribution in [1.29, 1.82) is 0 Å². The van der Waals surface area contributed by atoms with Gasteiger partial charge in [0, 0.05) is 52.5 Å². The maximum absolute atomic E-state index is 11.2. The van der Waals surface area contributed by atoms with Crippen LogP contribution in [0.2, 0.25) is 0 Å². The van der Waals surface area contributed by atoms with E-state index in [-0.39, 0.29) is 5.56 Å². The number of nitrogens with zero attached hydrogens (tertiary/aromatic N) is 5. The smallest absolute Gasteiger partial charge is 0.335 e. The molecule has 1 saturated heterocycles. The molecule has 8 heteroatoms. The first-order valence-electron chi connectivity index (χ1n) is 10.9. The van der Waals surface area contributed by atoms with Crippen molar-refractivity contribution in [2.45, 2.75) is 13.0 Å². The number of rotatable bonds is 9. The Labute approximate surface area is 188 Å². The lowest BCUT2D eigenvalue weighted by Crippen LogP contribution is -2.46. The van der Waals surface area contributed by atoms with Gasteiger partial charge in [0.05, 0.1) is 24.1 Å². The molecule has 3 heterocycles. The van der Waals surface area contributed by atoms with Crippen LogP contribution in [0.25, 0.3) is 11.5 Å². The number of benzene rings is 1. The van der Waals surface area contributed by atoms with E-state index in [1.165, 1.54) is 12.3 Å². The molecule has 0 aliphatic carbocycles. The predicted molar refractivity (Wildman–Crippen MR) is 122 cm³/mol. The van der Waals surface area contributed by atoms with Crippen molar-refractivity contribution in [2.75, 3.05) is 39.3 Å². The average Bonchev–Trinajstić information content (AvgIpc) is 3.18. The molecule has 32 heavy (non-hydrogen) atoms. The van der Waals surface area contributed by atoms with Gasteiger partial charge in [0.2, 0.25) is 0 Å². The van der Waals surface area contributed by atoms with Gasteiger partial charge in [-0.15, -0.1) is 0 Å². The monoisotopic (exact) mass is 435 g/mol. The minimum Gasteiger partial charge on any atom is -0.494 e. The van der Waals surface area contributed by atoms with Crippen LogP contribution in [-0.2, 0) is 13.6 Å². The Morgan fingerprint density at radius 3 is 2.56 bits per heavy atom. The number of carboxylic acids is 1. The Bertz CT molecular complexity index is 1030. The van der Waals surface area contributed by atoms with E-state index in [0.717, 1.165) is 63.7 Å². The van der Waals surface area contributed by atoms with Crippen molar-refractivity contribution in [2.24, 2.45) is 7.05 Å². The van der Waals surface area contributed by atoms with Gasteiger partial charge in [0.25, 0.3) is 0 Å². The number of imidazole rings is 1. The fraction of sp³-hybridized carbons (Fsp3) is 0.375. The van der Waals surface area contributed by atoms with Crippen LogP contribution in [0.5, 0.6) is 5.75 Å². The molecule has 0 unspecified atom stereocenters. The molecule has 8 nitrogen and oxygen atoms in total. The average molecular weight is 436 g/mol. The molecule has 168 valence electrons. The molecular formula is C24H29N5O3. The molecule has 1 aromatic carbocycles. The highest BCUT2D eigenvalue weighted by atomic mass is 16.5. The van der Waals surface area contributed by atoms with E-state index < -0.39 is 5.97 Å². The highest BCUT2D eigenvalue weighted by molar-refractivity contribution is 5.88. The zero-order chi connectivity index (χ0) is 22.3. The quantitative estimate of drug-likeness (QED) is 0.518. The van der Waals surface area contributed by atoms with E-state index in [1.807, 2.05) is 48.1 Å². The van der Waals surface area contributed by atoms with E-state index in [9.17, 15) is 9.90 Å². The lowest BCUT2D eigenvalue weighted by Gasteiger charge is -2.34. The van der Waals surface area contributed by atoms with E-state index in [2.05, 4.69) is 19.8 Å². The Kier molecular flexibility index (Phi) is 7.14. The van der Waals surface area contributed by atoms with Crippen LogP contribution in [0.15, 0.2) is 54.9 Å². The van der Waals surface area contributed by atoms with Crippen molar-refractivity contribution in [3.8, 4) is 17.3 Å². The van der Waals surface area contributed by atoms with Crippen LogP contribution in [0.4, 0.5) is 0 Å². The number of ether oxygens (including phenoxy) is 1. The first kappa shape index (κ1) is 22.0. The summed E-state index contributed by atoms with van der Waals surface area (Å²) in [4.78, 5) is 25.0. The second-order valence-corrected chi connectivity index (χ2v) is 8.00. The Morgan fingerprint density at radius 1 is 1.06 bits per heavy atom. The maximum Gasteiger partial charge on any atom is 0.335 e. The highest BCUT2D eigenvalue weighted by Crippen LogP contribution is 2.19. The van der Waals surface area contributed by atoms with Gasteiger partial charge in [0.1, 0.15) is 11.4 Å². The fourth-order valence-corrected chi connectivity index (χ4v) is 3.91. The second kappa shape index (κ2) is 10.4. The van der Waals surface area contributed by atoms with Crippen LogP contribution in [0.1, 0.15) is 22.5 Å². The topological polar surface area (TPSA) is 83.7 Å². The lowest BCUT2D eigenvalue weighted by atomic mass is 10.2. The van der Waals surface area contributed by atoms with E-state index >= 15 is 0 Å². The molecule has 1 aliphatic rings. The number of para-hydroxylation sites is 1. The summed E-state index contributed by atoms with van der Waals surface area (Å²) in [5.41, 5.74) is 1.87. The summed E-state index contributed by atoms with van der Waals surface area (Å²) >= 11 is 0. The highest BCUT2D eigenvalue weighted by Gasteiger charge is 2.19. The van der Waals surface area contributed by atoms with Gasteiger partial charge < -0.3 is 19.3 Å². The normalized spacial score (nSPS) is 15.0. The molecule has 1 fully saturated rings. The first-order valence-corrected chi connectivity index (χ1v) is 10.9. The van der Waals surface area contributed by atoms with Gasteiger partial charge in [-0.1, -0.05) is 18.2 Å². The summed E-state index contributed by atoms with van der Waals surface area (Å²) < 4.78 is 7.79. The van der Waals surface area contributed by atoms with Crippen LogP contribution in [0, 0.1) is 0 Å². The van der Waals surface area contributed by atoms with Crippen LogP contribution >= 0.6 is 0 Å². The molecule has 2 aromatic heterocycles. The van der Waals surface area contributed by atoms with E-state index in [1.54, 1.807) is 6.07 Å². The van der Waals surface area contributed by atoms with Gasteiger partial charge in [0.15, 0.2) is 5.82 Å². The Hall–Kier alpha value is -3.23. The number of piperazine rings is 1. The molecule has 1 N–H and O–H groups in total. The molecule has 0 atom stereocenters. The lowest BCUT2D eigenvalue weighted by molar-refractivity contribution is 0.0697. The summed E-state index contributed by atoms with van der Waals surface area (Å²) in [6, 6.07) is 13.0. The molecule has 0 amide bonds. The number of aromatic carboxylic acids is 1. The van der Waals surface area contributed by atoms with Crippen molar-refractivity contribution in [1.82, 2.24) is 24.3 Å². The molecule has 3 aromatic rings. The molecule has 0 spiro atoms. The number of pyridine rings is 1. The number of hydrogen-bond donors (Lipinski definition) is 1. The number of carboxylic acid groups (broad SMARTS) is 1. The van der Waals surface area contributed by atoms with E-state index in [0.29, 0.717) is 11.5 Å². The predicted octanol–water partition coefficient (Wildman–Crippen LogP) is 2.77. The van der Waals surface area contributed by atoms with Gasteiger partial charge in [-0.2, -0.15) is 0 Å². The zero-order valence-electron chi connectivity index (χ0n) is 18.4. The van der Waals surface area contributed by atoms with Crippen molar-refractivity contribution < 1.29 is 14.6 Å². The van der Waals surface area contributed by atoms with Crippen molar-refractivity contribution >= 4 is 5.97 Å². The molecule has 1 aliphatic heterocycles. The van der Waals surface area contributed by atoms with E-state index in [4.69, 9.17) is 4.74 Å². The zero-order valence-corrected chi connectivity index (χ0v) is 18.4. The van der Waals surface area contributed by atoms with Crippen molar-refractivity contribution in [3.63, 3.8) is 0 Å². The maximum atomic E-state index is 11.2. The molecule has 0 bridgehead atoms. The summed E-state index contributed by atoms with van der Waals surface area (Å²) in [6.45, 7) is 6.68. The Morgan fingerprint density at radius 2 is 1.81 bits per heavy atom. The van der Waals surface area contributed by atoms with Crippen LogP contribution < -0.4 is 4.74 Å². The second-order valence-electron chi connectivity index (χ2n) is 8.00. The summed E-state index contributed by atoms with van der Waals surface area (Å²) in [6.07, 6.45) is 4.39. The molecular weight excluding hydrogens is 406 g/mol. The number of aromatic nitrogens is 3. The van der Waals surface area contributed by atoms with Gasteiger partial charge in [-0.25, -0.2) is 9.78 Å². The fourth-order valence-electron chi connectivity index (χ4n) is 3.91. The van der Waals surface area contributed by atoms with Crippen LogP contribution in [-0.4, -0.2) is 74.7 Å². The standard InChI is InChI=1S/C24H29N5O3/c1-27-20(17-26-23(27)22-16-19(24(30)31)8-9-25-22)18-29-13-11-28(12-14-29)10-5-15-32-21-6-3-2-4-7-21/h2-4,6-9,16-17H,5,10-15,18H2,1H3,(H,30,31). The summed E-state index contributed by atoms with van der Waals surface area (Å²) in [5, 5.41) is 9.22. The molecule has 4 rings (SSSR count). The Balaban J connectivity index is 1.24. The van der Waals surface area contributed by atoms with Crippen molar-refractivity contribution in [3.05, 3.63) is 66.1 Å². The third-order valence-electron chi connectivity index (χ3n) is 5.80. The largest absolute Gasteiger partial charge is 0.494 e. The molecule has 0 saturated carbocycles. The number of carbonyl (C=O) groups is 1. The third-order valence-corrected chi connectivity index (χ3v) is 5.80. The minimum atomic E-state index is -0.965. The van der Waals surface area contributed by atoms with Gasteiger partial charge in [-0.3, -0.25) is 9.88 Å². The molecule has 0 radical (unpaired) electrons. The summed E-state index contributed by atoms with van der Waals surface area (Å²) in [5.74, 6) is 0.644.